The van der Waals surface area contributed by atoms with E-state index in [1.54, 1.807) is 23.0 Å². The van der Waals surface area contributed by atoms with E-state index in [9.17, 15) is 14.4 Å². The smallest absolute Gasteiger partial charge is 0.324 e. The Bertz CT molecular complexity index is 968. The topological polar surface area (TPSA) is 93.5 Å². The first kappa shape index (κ1) is 18.5. The molecule has 0 radical (unpaired) electrons. The number of imide groups is 1. The molecule has 0 saturated carbocycles. The van der Waals surface area contributed by atoms with Gasteiger partial charge in [0.25, 0.3) is 5.56 Å². The van der Waals surface area contributed by atoms with Crippen LogP contribution in [0.25, 0.3) is 10.2 Å². The number of nitrogens with one attached hydrogen (secondary N) is 1. The normalized spacial score (nSPS) is 16.2. The van der Waals surface area contributed by atoms with Gasteiger partial charge in [-0.15, -0.1) is 11.3 Å². The van der Waals surface area contributed by atoms with Crippen molar-refractivity contribution < 1.29 is 14.3 Å². The van der Waals surface area contributed by atoms with E-state index >= 15 is 0 Å². The second-order valence-electron chi connectivity index (χ2n) is 6.45. The second kappa shape index (κ2) is 7.61. The molecule has 1 N–H and O–H groups in total. The predicted molar refractivity (Wildman–Crippen MR) is 104 cm³/mol. The molecule has 3 heterocycles. The van der Waals surface area contributed by atoms with Crippen molar-refractivity contribution in [3.63, 3.8) is 0 Å². The number of ether oxygens (including phenoxy) is 1. The monoisotopic (exact) mass is 408 g/mol. The number of nitrogens with zero attached hydrogens (tertiary/aromatic N) is 3. The highest BCUT2D eigenvalue weighted by Crippen LogP contribution is 2.35. The molecule has 0 atom stereocenters. The zero-order valence-corrected chi connectivity index (χ0v) is 16.6. The molecule has 0 bridgehead atoms. The molecule has 1 fully saturated rings. The van der Waals surface area contributed by atoms with Crippen molar-refractivity contribution in [3.05, 3.63) is 20.8 Å². The molecule has 27 heavy (non-hydrogen) atoms. The summed E-state index contributed by atoms with van der Waals surface area (Å²) in [6.45, 7) is 1.61. The second-order valence-corrected chi connectivity index (χ2v) is 8.47. The number of urea groups is 1. The van der Waals surface area contributed by atoms with Crippen LogP contribution in [0.15, 0.2) is 9.95 Å². The highest BCUT2D eigenvalue weighted by Gasteiger charge is 2.27. The first-order chi connectivity index (χ1) is 13.1. The lowest BCUT2D eigenvalue weighted by molar-refractivity contribution is -0.124. The van der Waals surface area contributed by atoms with E-state index in [-0.39, 0.29) is 23.3 Å². The number of amides is 3. The van der Waals surface area contributed by atoms with E-state index < -0.39 is 0 Å². The van der Waals surface area contributed by atoms with E-state index in [1.807, 2.05) is 0 Å². The summed E-state index contributed by atoms with van der Waals surface area (Å²) in [4.78, 5) is 45.0. The van der Waals surface area contributed by atoms with E-state index in [0.29, 0.717) is 31.4 Å². The SMILES string of the molecule is COCCn1c(SCC(=O)N2CCNC2=O)nc2sc3c(c2c1=O)CCC3. The molecule has 1 aliphatic heterocycles. The van der Waals surface area contributed by atoms with Gasteiger partial charge in [-0.25, -0.2) is 9.78 Å². The fourth-order valence-corrected chi connectivity index (χ4v) is 5.67. The zero-order valence-electron chi connectivity index (χ0n) is 14.9. The highest BCUT2D eigenvalue weighted by molar-refractivity contribution is 7.99. The minimum absolute atomic E-state index is 0.0590. The van der Waals surface area contributed by atoms with Crippen molar-refractivity contribution in [2.24, 2.45) is 0 Å². The van der Waals surface area contributed by atoms with E-state index in [2.05, 4.69) is 10.3 Å². The number of aromatic nitrogens is 2. The van der Waals surface area contributed by atoms with Gasteiger partial charge in [0.15, 0.2) is 5.16 Å². The fraction of sp³-hybridized carbons (Fsp3) is 0.529. The van der Waals surface area contributed by atoms with E-state index in [1.165, 1.54) is 21.5 Å². The molecule has 0 spiro atoms. The molecular formula is C17H20N4O4S2. The number of carbonyl (C=O) groups is 2. The van der Waals surface area contributed by atoms with Crippen LogP contribution in [-0.4, -0.2) is 58.9 Å². The van der Waals surface area contributed by atoms with Crippen LogP contribution in [0.5, 0.6) is 0 Å². The largest absolute Gasteiger partial charge is 0.383 e. The molecule has 0 aromatic carbocycles. The number of carbonyl (C=O) groups excluding carboxylic acids is 2. The third-order valence-electron chi connectivity index (χ3n) is 4.79. The number of hydrogen-bond donors (Lipinski definition) is 1. The maximum absolute atomic E-state index is 13.1. The average molecular weight is 409 g/mol. The standard InChI is InChI=1S/C17H20N4O4S2/c1-25-8-7-21-15(23)13-10-3-2-4-11(10)27-14(13)19-17(21)26-9-12(22)20-6-5-18-16(20)24/h2-9H2,1H3,(H,18,24). The Morgan fingerprint density at radius 1 is 1.37 bits per heavy atom. The highest BCUT2D eigenvalue weighted by atomic mass is 32.2. The zero-order chi connectivity index (χ0) is 19.0. The van der Waals surface area contributed by atoms with Gasteiger partial charge in [0, 0.05) is 25.1 Å². The lowest BCUT2D eigenvalue weighted by Crippen LogP contribution is -2.35. The third-order valence-corrected chi connectivity index (χ3v) is 6.94. The number of thiophene rings is 1. The summed E-state index contributed by atoms with van der Waals surface area (Å²) >= 11 is 2.77. The first-order valence-corrected chi connectivity index (χ1v) is 10.7. The molecule has 4 rings (SSSR count). The summed E-state index contributed by atoms with van der Waals surface area (Å²) in [5.41, 5.74) is 1.07. The summed E-state index contributed by atoms with van der Waals surface area (Å²) in [7, 11) is 1.58. The maximum atomic E-state index is 13.1. The van der Waals surface area contributed by atoms with Gasteiger partial charge in [-0.2, -0.15) is 0 Å². The van der Waals surface area contributed by atoms with Gasteiger partial charge in [0.1, 0.15) is 4.83 Å². The summed E-state index contributed by atoms with van der Waals surface area (Å²) in [5.74, 6) is -0.222. The predicted octanol–water partition coefficient (Wildman–Crippen LogP) is 1.24. The number of thioether (sulfide) groups is 1. The van der Waals surface area contributed by atoms with Crippen LogP contribution in [0.4, 0.5) is 4.79 Å². The van der Waals surface area contributed by atoms with Crippen LogP contribution in [0.1, 0.15) is 16.9 Å². The number of methoxy groups -OCH3 is 1. The summed E-state index contributed by atoms with van der Waals surface area (Å²) in [5, 5.41) is 3.83. The van der Waals surface area contributed by atoms with E-state index in [4.69, 9.17) is 4.74 Å². The summed E-state index contributed by atoms with van der Waals surface area (Å²) < 4.78 is 6.74. The quantitative estimate of drug-likeness (QED) is 0.571. The molecule has 3 amide bonds. The minimum atomic E-state index is -0.365. The molecule has 2 aromatic heterocycles. The summed E-state index contributed by atoms with van der Waals surface area (Å²) in [6, 6.07) is -0.365. The molecule has 1 aliphatic carbocycles. The Balaban J connectivity index is 1.65. The van der Waals surface area contributed by atoms with Crippen LogP contribution in [0.3, 0.4) is 0 Å². The number of aryl methyl sites for hydroxylation is 2. The van der Waals surface area contributed by atoms with Crippen molar-refractivity contribution in [1.29, 1.82) is 0 Å². The fourth-order valence-electron chi connectivity index (χ4n) is 3.46. The Labute approximate surface area is 163 Å². The molecular weight excluding hydrogens is 388 g/mol. The van der Waals surface area contributed by atoms with Gasteiger partial charge >= 0.3 is 6.03 Å². The average Bonchev–Trinajstić information content (AvgIpc) is 3.34. The molecule has 2 aliphatic rings. The summed E-state index contributed by atoms with van der Waals surface area (Å²) in [6.07, 6.45) is 3.00. The van der Waals surface area contributed by atoms with Gasteiger partial charge in [-0.3, -0.25) is 19.1 Å². The van der Waals surface area contributed by atoms with Crippen molar-refractivity contribution >= 4 is 45.3 Å². The first-order valence-electron chi connectivity index (χ1n) is 8.85. The van der Waals surface area contributed by atoms with Gasteiger partial charge in [0.2, 0.25) is 5.91 Å². The van der Waals surface area contributed by atoms with Crippen LogP contribution >= 0.6 is 23.1 Å². The van der Waals surface area contributed by atoms with Crippen molar-refractivity contribution in [1.82, 2.24) is 19.8 Å². The number of hydrogen-bond acceptors (Lipinski definition) is 7. The Morgan fingerprint density at radius 2 is 2.22 bits per heavy atom. The molecule has 1 saturated heterocycles. The van der Waals surface area contributed by atoms with Crippen molar-refractivity contribution in [3.8, 4) is 0 Å². The van der Waals surface area contributed by atoms with Gasteiger partial charge in [-0.1, -0.05) is 11.8 Å². The van der Waals surface area contributed by atoms with Crippen LogP contribution < -0.4 is 10.9 Å². The Morgan fingerprint density at radius 3 is 2.96 bits per heavy atom. The van der Waals surface area contributed by atoms with Crippen LogP contribution in [0, 0.1) is 0 Å². The van der Waals surface area contributed by atoms with Crippen LogP contribution in [-0.2, 0) is 28.9 Å². The lowest BCUT2D eigenvalue weighted by Gasteiger charge is -2.14. The van der Waals surface area contributed by atoms with Gasteiger partial charge in [0.05, 0.1) is 24.3 Å². The van der Waals surface area contributed by atoms with Crippen molar-refractivity contribution in [2.45, 2.75) is 31.0 Å². The van der Waals surface area contributed by atoms with Crippen LogP contribution in [0.2, 0.25) is 0 Å². The van der Waals surface area contributed by atoms with Gasteiger partial charge < -0.3 is 10.1 Å². The molecule has 10 heteroatoms. The van der Waals surface area contributed by atoms with Gasteiger partial charge in [-0.05, 0) is 24.8 Å². The molecule has 8 nitrogen and oxygen atoms in total. The van der Waals surface area contributed by atoms with Crippen molar-refractivity contribution in [2.75, 3.05) is 32.6 Å². The third kappa shape index (κ3) is 3.37. The Kier molecular flexibility index (Phi) is 5.20. The molecule has 2 aromatic rings. The minimum Gasteiger partial charge on any atom is -0.383 e. The number of rotatable bonds is 6. The molecule has 144 valence electrons. The Hall–Kier alpha value is -1.91. The lowest BCUT2D eigenvalue weighted by atomic mass is 10.2. The number of fused-ring (bicyclic) bond motifs is 3. The maximum Gasteiger partial charge on any atom is 0.324 e. The molecule has 0 unspecified atom stereocenters. The van der Waals surface area contributed by atoms with E-state index in [0.717, 1.165) is 35.0 Å².